The van der Waals surface area contributed by atoms with Gasteiger partial charge in [0, 0.05) is 12.5 Å². The molecule has 0 aromatic heterocycles. The molecule has 2 aromatic rings. The molecule has 1 aliphatic rings. The van der Waals surface area contributed by atoms with Crippen LogP contribution in [0.5, 0.6) is 0 Å². The smallest absolute Gasteiger partial charge is 0.121 e. The summed E-state index contributed by atoms with van der Waals surface area (Å²) in [6.07, 6.45) is 0. The summed E-state index contributed by atoms with van der Waals surface area (Å²) in [5.74, 6) is -0.234. The summed E-state index contributed by atoms with van der Waals surface area (Å²) in [6.45, 7) is 1.83. The van der Waals surface area contributed by atoms with Gasteiger partial charge in [0.15, 0.2) is 0 Å². The summed E-state index contributed by atoms with van der Waals surface area (Å²) in [5, 5.41) is 20.6. The number of fused-ring (bicyclic) bond motifs is 3. The molecule has 1 atom stereocenters. The van der Waals surface area contributed by atoms with E-state index in [1.165, 1.54) is 0 Å². The molecule has 0 radical (unpaired) electrons. The number of aliphatic hydroxyl groups excluding tert-OH is 1. The lowest BCUT2D eigenvalue weighted by atomic mass is 9.81. The van der Waals surface area contributed by atoms with Crippen LogP contribution >= 0.6 is 0 Å². The Morgan fingerprint density at radius 3 is 1.83 bits per heavy atom. The highest BCUT2D eigenvalue weighted by Gasteiger charge is 2.44. The molecule has 2 heteroatoms. The largest absolute Gasteiger partial charge is 0.396 e. The Kier molecular flexibility index (Phi) is 2.51. The first-order valence-electron chi connectivity index (χ1n) is 6.22. The molecule has 3 rings (SSSR count). The molecule has 0 fully saturated rings. The van der Waals surface area contributed by atoms with Gasteiger partial charge in [-0.3, -0.25) is 0 Å². The Balaban J connectivity index is 2.33. The minimum absolute atomic E-state index is 0.0425. The van der Waals surface area contributed by atoms with Crippen molar-refractivity contribution in [3.63, 3.8) is 0 Å². The third kappa shape index (κ3) is 1.30. The summed E-state index contributed by atoms with van der Waals surface area (Å²) in [7, 11) is 0. The zero-order valence-corrected chi connectivity index (χ0v) is 10.3. The van der Waals surface area contributed by atoms with Crippen LogP contribution in [-0.4, -0.2) is 16.8 Å². The maximum atomic E-state index is 11.1. The predicted octanol–water partition coefficient (Wildman–Crippen LogP) is 2.53. The molecule has 0 aliphatic heterocycles. The van der Waals surface area contributed by atoms with Crippen LogP contribution in [0.4, 0.5) is 0 Å². The second kappa shape index (κ2) is 3.94. The highest BCUT2D eigenvalue weighted by atomic mass is 16.3. The first kappa shape index (κ1) is 11.5. The molecular formula is C16H16O2. The number of benzene rings is 2. The van der Waals surface area contributed by atoms with E-state index in [2.05, 4.69) is 0 Å². The van der Waals surface area contributed by atoms with Crippen LogP contribution in [0.1, 0.15) is 18.1 Å². The maximum absolute atomic E-state index is 11.1. The molecule has 18 heavy (non-hydrogen) atoms. The lowest BCUT2D eigenvalue weighted by Crippen LogP contribution is -2.34. The van der Waals surface area contributed by atoms with Gasteiger partial charge in [0.25, 0.3) is 0 Å². The van der Waals surface area contributed by atoms with Crippen LogP contribution in [0.15, 0.2) is 48.5 Å². The van der Waals surface area contributed by atoms with Gasteiger partial charge in [0.2, 0.25) is 0 Å². The second-order valence-electron chi connectivity index (χ2n) is 4.94. The minimum Gasteiger partial charge on any atom is -0.396 e. The Morgan fingerprint density at radius 1 is 0.944 bits per heavy atom. The van der Waals surface area contributed by atoms with E-state index in [-0.39, 0.29) is 12.5 Å². The third-order valence-electron chi connectivity index (χ3n) is 3.95. The van der Waals surface area contributed by atoms with Crippen molar-refractivity contribution in [1.82, 2.24) is 0 Å². The molecule has 0 amide bonds. The van der Waals surface area contributed by atoms with E-state index in [4.69, 9.17) is 0 Å². The Hall–Kier alpha value is -1.64. The van der Waals surface area contributed by atoms with Gasteiger partial charge in [0.1, 0.15) is 5.60 Å². The Bertz CT molecular complexity index is 544. The van der Waals surface area contributed by atoms with Crippen molar-refractivity contribution in [1.29, 1.82) is 0 Å². The molecule has 2 nitrogen and oxygen atoms in total. The van der Waals surface area contributed by atoms with Gasteiger partial charge in [-0.2, -0.15) is 0 Å². The molecule has 0 bridgehead atoms. The average molecular weight is 240 g/mol. The van der Waals surface area contributed by atoms with Crippen LogP contribution in [0.25, 0.3) is 11.1 Å². The van der Waals surface area contributed by atoms with Crippen molar-refractivity contribution in [2.45, 2.75) is 12.5 Å². The van der Waals surface area contributed by atoms with Gasteiger partial charge in [-0.25, -0.2) is 0 Å². The van der Waals surface area contributed by atoms with Gasteiger partial charge in [0.05, 0.1) is 0 Å². The van der Waals surface area contributed by atoms with Crippen molar-refractivity contribution in [3.8, 4) is 11.1 Å². The van der Waals surface area contributed by atoms with Crippen LogP contribution in [-0.2, 0) is 5.60 Å². The molecule has 0 saturated carbocycles. The van der Waals surface area contributed by atoms with Gasteiger partial charge < -0.3 is 10.2 Å². The number of rotatable bonds is 2. The average Bonchev–Trinajstić information content (AvgIpc) is 2.70. The highest BCUT2D eigenvalue weighted by molar-refractivity contribution is 5.80. The molecule has 0 saturated heterocycles. The standard InChI is InChI=1S/C16H16O2/c1-11(10-17)16(18)14-8-4-2-6-12(14)13-7-3-5-9-15(13)16/h2-9,11,17-18H,10H2,1H3/t11-/m0/s1. The number of aliphatic hydroxyl groups is 2. The van der Waals surface area contributed by atoms with Gasteiger partial charge in [-0.1, -0.05) is 55.5 Å². The number of hydrogen-bond acceptors (Lipinski definition) is 2. The summed E-state index contributed by atoms with van der Waals surface area (Å²) < 4.78 is 0. The van der Waals surface area contributed by atoms with Crippen molar-refractivity contribution >= 4 is 0 Å². The molecule has 2 N–H and O–H groups in total. The van der Waals surface area contributed by atoms with E-state index < -0.39 is 5.60 Å². The Morgan fingerprint density at radius 2 is 1.39 bits per heavy atom. The van der Waals surface area contributed by atoms with Crippen LogP contribution < -0.4 is 0 Å². The topological polar surface area (TPSA) is 40.5 Å². The zero-order valence-electron chi connectivity index (χ0n) is 10.3. The predicted molar refractivity (Wildman–Crippen MR) is 71.1 cm³/mol. The summed E-state index contributed by atoms with van der Waals surface area (Å²) in [6, 6.07) is 15.8. The highest BCUT2D eigenvalue weighted by Crippen LogP contribution is 2.50. The van der Waals surface area contributed by atoms with E-state index in [0.29, 0.717) is 0 Å². The first-order valence-corrected chi connectivity index (χ1v) is 6.22. The van der Waals surface area contributed by atoms with Crippen LogP contribution in [0, 0.1) is 5.92 Å². The maximum Gasteiger partial charge on any atom is 0.121 e. The van der Waals surface area contributed by atoms with Gasteiger partial charge in [-0.15, -0.1) is 0 Å². The first-order chi connectivity index (χ1) is 8.69. The summed E-state index contributed by atoms with van der Waals surface area (Å²) in [4.78, 5) is 0. The van der Waals surface area contributed by atoms with Crippen LogP contribution in [0.2, 0.25) is 0 Å². The van der Waals surface area contributed by atoms with Gasteiger partial charge in [-0.05, 0) is 22.3 Å². The molecule has 0 spiro atoms. The van der Waals surface area contributed by atoms with E-state index in [9.17, 15) is 10.2 Å². The quantitative estimate of drug-likeness (QED) is 0.846. The van der Waals surface area contributed by atoms with E-state index >= 15 is 0 Å². The Labute approximate surface area is 107 Å². The molecule has 0 unspecified atom stereocenters. The van der Waals surface area contributed by atoms with E-state index in [1.54, 1.807) is 0 Å². The molecule has 2 aromatic carbocycles. The van der Waals surface area contributed by atoms with Crippen molar-refractivity contribution in [2.24, 2.45) is 5.92 Å². The fourth-order valence-electron chi connectivity index (χ4n) is 2.91. The van der Waals surface area contributed by atoms with Crippen LogP contribution in [0.3, 0.4) is 0 Å². The normalized spacial score (nSPS) is 17.1. The number of hydrogen-bond donors (Lipinski definition) is 2. The second-order valence-corrected chi connectivity index (χ2v) is 4.94. The minimum atomic E-state index is -1.08. The lowest BCUT2D eigenvalue weighted by Gasteiger charge is -2.31. The molecule has 0 heterocycles. The summed E-state index contributed by atoms with van der Waals surface area (Å²) in [5.41, 5.74) is 2.84. The SMILES string of the molecule is C[C@@H](CO)C1(O)c2ccccc2-c2ccccc21. The van der Waals surface area contributed by atoms with Crippen molar-refractivity contribution in [2.75, 3.05) is 6.61 Å². The fraction of sp³-hybridized carbons (Fsp3) is 0.250. The lowest BCUT2D eigenvalue weighted by molar-refractivity contribution is 0.00250. The van der Waals surface area contributed by atoms with Gasteiger partial charge >= 0.3 is 0 Å². The molecule has 1 aliphatic carbocycles. The fourth-order valence-corrected chi connectivity index (χ4v) is 2.91. The van der Waals surface area contributed by atoms with E-state index in [1.807, 2.05) is 55.5 Å². The van der Waals surface area contributed by atoms with Crippen molar-refractivity contribution < 1.29 is 10.2 Å². The van der Waals surface area contributed by atoms with E-state index in [0.717, 1.165) is 22.3 Å². The molecular weight excluding hydrogens is 224 g/mol. The molecule has 92 valence electrons. The third-order valence-corrected chi connectivity index (χ3v) is 3.95. The summed E-state index contributed by atoms with van der Waals surface area (Å²) >= 11 is 0. The zero-order chi connectivity index (χ0) is 12.8. The van der Waals surface area contributed by atoms with Crippen molar-refractivity contribution in [3.05, 3.63) is 59.7 Å². The monoisotopic (exact) mass is 240 g/mol.